The van der Waals surface area contributed by atoms with Gasteiger partial charge in [0.1, 0.15) is 17.7 Å². The number of carbonyl (C=O) groups excluding carboxylic acids is 1. The molecule has 3 heterocycles. The van der Waals surface area contributed by atoms with Gasteiger partial charge in [-0.3, -0.25) is 9.59 Å². The van der Waals surface area contributed by atoms with E-state index in [1.807, 2.05) is 0 Å². The molecule has 1 aliphatic rings. The van der Waals surface area contributed by atoms with Gasteiger partial charge in [-0.2, -0.15) is 0 Å². The number of carbonyl (C=O) groups is 1. The highest BCUT2D eigenvalue weighted by atomic mass is 16.5. The summed E-state index contributed by atoms with van der Waals surface area (Å²) >= 11 is 0. The van der Waals surface area contributed by atoms with E-state index >= 15 is 0 Å². The third-order valence-corrected chi connectivity index (χ3v) is 4.02. The van der Waals surface area contributed by atoms with Gasteiger partial charge in [-0.25, -0.2) is 4.98 Å². The second-order valence-electron chi connectivity index (χ2n) is 5.88. The number of ether oxygens (including phenoxy) is 2. The van der Waals surface area contributed by atoms with E-state index in [9.17, 15) is 9.59 Å². The Balaban J connectivity index is 1.81. The summed E-state index contributed by atoms with van der Waals surface area (Å²) in [6.07, 6.45) is -0.496. The largest absolute Gasteiger partial charge is 0.380 e. The second-order valence-corrected chi connectivity index (χ2v) is 5.88. The fraction of sp³-hybridized carbons (Fsp3) is 0.500. The molecule has 25 heavy (non-hydrogen) atoms. The Hall–Kier alpha value is -2.52. The van der Waals surface area contributed by atoms with Crippen LogP contribution in [-0.4, -0.2) is 52.7 Å². The Morgan fingerprint density at radius 3 is 3.00 bits per heavy atom. The van der Waals surface area contributed by atoms with Crippen molar-refractivity contribution in [2.75, 3.05) is 26.8 Å². The predicted molar refractivity (Wildman–Crippen MR) is 86.1 cm³/mol. The van der Waals surface area contributed by atoms with Crippen LogP contribution in [0.1, 0.15) is 39.4 Å². The zero-order valence-electron chi connectivity index (χ0n) is 14.4. The van der Waals surface area contributed by atoms with E-state index in [0.717, 1.165) is 0 Å². The van der Waals surface area contributed by atoms with Crippen LogP contribution in [0.5, 0.6) is 0 Å². The van der Waals surface area contributed by atoms with Crippen LogP contribution < -0.4 is 5.56 Å². The molecule has 0 bridgehead atoms. The Labute approximate surface area is 143 Å². The fourth-order valence-electron chi connectivity index (χ4n) is 2.78. The van der Waals surface area contributed by atoms with Crippen LogP contribution in [0.2, 0.25) is 0 Å². The number of aromatic amines is 1. The highest BCUT2D eigenvalue weighted by Gasteiger charge is 2.31. The summed E-state index contributed by atoms with van der Waals surface area (Å²) in [5, 5.41) is 3.88. The minimum absolute atomic E-state index is 0.241. The first-order chi connectivity index (χ1) is 12.0. The van der Waals surface area contributed by atoms with Crippen LogP contribution in [0.3, 0.4) is 0 Å². The van der Waals surface area contributed by atoms with Crippen molar-refractivity contribution in [3.8, 4) is 0 Å². The molecule has 0 radical (unpaired) electrons. The molecule has 1 unspecified atom stereocenters. The van der Waals surface area contributed by atoms with Gasteiger partial charge in [0.15, 0.2) is 5.69 Å². The first-order valence-electron chi connectivity index (χ1n) is 7.92. The number of nitrogens with one attached hydrogen (secondary N) is 1. The average molecular weight is 348 g/mol. The van der Waals surface area contributed by atoms with Crippen molar-refractivity contribution in [3.05, 3.63) is 45.0 Å². The fourth-order valence-corrected chi connectivity index (χ4v) is 2.78. The van der Waals surface area contributed by atoms with Crippen molar-refractivity contribution in [1.29, 1.82) is 0 Å². The van der Waals surface area contributed by atoms with Crippen molar-refractivity contribution >= 4 is 5.91 Å². The lowest BCUT2D eigenvalue weighted by Gasteiger charge is -2.32. The van der Waals surface area contributed by atoms with Gasteiger partial charge in [-0.15, -0.1) is 0 Å². The predicted octanol–water partition coefficient (Wildman–Crippen LogP) is 0.735. The van der Waals surface area contributed by atoms with Crippen molar-refractivity contribution < 1.29 is 18.8 Å². The Bertz CT molecular complexity index is 828. The first-order valence-corrected chi connectivity index (χ1v) is 7.92. The van der Waals surface area contributed by atoms with Gasteiger partial charge in [-0.1, -0.05) is 5.16 Å². The summed E-state index contributed by atoms with van der Waals surface area (Å²) in [6, 6.07) is 1.41. The maximum atomic E-state index is 12.8. The van der Waals surface area contributed by atoms with Crippen LogP contribution in [0.4, 0.5) is 0 Å². The number of hydrogen-bond donors (Lipinski definition) is 1. The van der Waals surface area contributed by atoms with Gasteiger partial charge in [-0.05, 0) is 13.8 Å². The van der Waals surface area contributed by atoms with Crippen LogP contribution >= 0.6 is 0 Å². The lowest BCUT2D eigenvalue weighted by Crippen LogP contribution is -2.43. The van der Waals surface area contributed by atoms with Crippen LogP contribution in [0.15, 0.2) is 15.4 Å². The highest BCUT2D eigenvalue weighted by molar-refractivity contribution is 5.93. The zero-order valence-corrected chi connectivity index (χ0v) is 14.4. The molecule has 2 aromatic heterocycles. The van der Waals surface area contributed by atoms with Crippen molar-refractivity contribution in [2.45, 2.75) is 26.6 Å². The van der Waals surface area contributed by atoms with Crippen LogP contribution in [0, 0.1) is 13.8 Å². The van der Waals surface area contributed by atoms with E-state index < -0.39 is 6.10 Å². The molecule has 1 amide bonds. The smallest absolute Gasteiger partial charge is 0.276 e. The molecule has 1 N–H and O–H groups in total. The first kappa shape index (κ1) is 17.3. The summed E-state index contributed by atoms with van der Waals surface area (Å²) in [5.74, 6) is 0.711. The number of hydrogen-bond acceptors (Lipinski definition) is 7. The van der Waals surface area contributed by atoms with Crippen LogP contribution in [0.25, 0.3) is 0 Å². The van der Waals surface area contributed by atoms with E-state index in [4.69, 9.17) is 14.0 Å². The minimum atomic E-state index is -0.496. The summed E-state index contributed by atoms with van der Waals surface area (Å²) in [6.45, 7) is 4.75. The molecule has 2 aromatic rings. The molecule has 1 fully saturated rings. The Morgan fingerprint density at radius 2 is 2.28 bits per heavy atom. The van der Waals surface area contributed by atoms with Gasteiger partial charge < -0.3 is 23.9 Å². The summed E-state index contributed by atoms with van der Waals surface area (Å²) in [5.41, 5.74) is 1.23. The SMILES string of the molecule is COCc1c(C(=O)N2CCOC(c3nc(C)cc(=O)[nH]3)C2)noc1C. The molecule has 0 aromatic carbocycles. The molecule has 1 atom stereocenters. The van der Waals surface area contributed by atoms with Gasteiger partial charge in [0.2, 0.25) is 0 Å². The molecular weight excluding hydrogens is 328 g/mol. The van der Waals surface area contributed by atoms with Gasteiger partial charge in [0.05, 0.1) is 25.3 Å². The molecule has 0 spiro atoms. The van der Waals surface area contributed by atoms with Gasteiger partial charge in [0, 0.05) is 25.4 Å². The van der Waals surface area contributed by atoms with E-state index in [0.29, 0.717) is 36.0 Å². The molecule has 1 saturated heterocycles. The van der Waals surface area contributed by atoms with E-state index in [1.165, 1.54) is 6.07 Å². The standard InChI is InChI=1S/C16H20N4O5/c1-9-6-13(21)18-15(17-9)12-7-20(4-5-24-12)16(22)14-11(8-23-3)10(2)25-19-14/h6,12H,4-5,7-8H2,1-3H3,(H,17,18,21). The van der Waals surface area contributed by atoms with Gasteiger partial charge in [0.25, 0.3) is 11.5 Å². The lowest BCUT2D eigenvalue weighted by molar-refractivity contribution is -0.0273. The Kier molecular flexibility index (Phi) is 4.95. The van der Waals surface area contributed by atoms with Crippen LogP contribution in [-0.2, 0) is 16.1 Å². The second kappa shape index (κ2) is 7.16. The van der Waals surface area contributed by atoms with E-state index in [2.05, 4.69) is 15.1 Å². The summed E-state index contributed by atoms with van der Waals surface area (Å²) < 4.78 is 15.9. The molecule has 134 valence electrons. The van der Waals surface area contributed by atoms with E-state index in [1.54, 1.807) is 25.9 Å². The normalized spacial score (nSPS) is 17.7. The quantitative estimate of drug-likeness (QED) is 0.867. The number of nitrogens with zero attached hydrogens (tertiary/aromatic N) is 3. The van der Waals surface area contributed by atoms with E-state index in [-0.39, 0.29) is 30.3 Å². The van der Waals surface area contributed by atoms with Gasteiger partial charge >= 0.3 is 0 Å². The highest BCUT2D eigenvalue weighted by Crippen LogP contribution is 2.22. The Morgan fingerprint density at radius 1 is 1.48 bits per heavy atom. The summed E-state index contributed by atoms with van der Waals surface area (Å²) in [7, 11) is 1.55. The minimum Gasteiger partial charge on any atom is -0.380 e. The van der Waals surface area contributed by atoms with Crippen molar-refractivity contribution in [2.24, 2.45) is 0 Å². The number of methoxy groups -OCH3 is 1. The monoisotopic (exact) mass is 348 g/mol. The average Bonchev–Trinajstić information content (AvgIpc) is 2.95. The number of aryl methyl sites for hydroxylation is 2. The molecule has 0 saturated carbocycles. The third-order valence-electron chi connectivity index (χ3n) is 4.02. The molecular formula is C16H20N4O5. The number of amides is 1. The number of morpholine rings is 1. The molecule has 3 rings (SSSR count). The molecule has 1 aliphatic heterocycles. The third kappa shape index (κ3) is 3.62. The lowest BCUT2D eigenvalue weighted by atomic mass is 10.1. The molecule has 9 heteroatoms. The molecule has 0 aliphatic carbocycles. The molecule has 9 nitrogen and oxygen atoms in total. The number of H-pyrrole nitrogens is 1. The number of rotatable bonds is 4. The van der Waals surface area contributed by atoms with Crippen molar-refractivity contribution in [3.63, 3.8) is 0 Å². The number of aromatic nitrogens is 3. The maximum Gasteiger partial charge on any atom is 0.276 e. The van der Waals surface area contributed by atoms with Crippen molar-refractivity contribution in [1.82, 2.24) is 20.0 Å². The maximum absolute atomic E-state index is 12.8. The summed E-state index contributed by atoms with van der Waals surface area (Å²) in [4.78, 5) is 33.1. The topological polar surface area (TPSA) is 111 Å². The zero-order chi connectivity index (χ0) is 18.0.